The molecular weight excluding hydrogens is 809 g/mol. The number of rotatable bonds is 10. The van der Waals surface area contributed by atoms with Gasteiger partial charge in [0, 0.05) is 64.8 Å². The first-order valence-corrected chi connectivity index (χ1v) is 23.0. The van der Waals surface area contributed by atoms with Gasteiger partial charge in [-0.25, -0.2) is 0 Å². The van der Waals surface area contributed by atoms with Crippen molar-refractivity contribution >= 4 is 98.3 Å². The summed E-state index contributed by atoms with van der Waals surface area (Å²) in [6.45, 7) is 0. The minimum Gasteiger partial charge on any atom is -0.300 e. The largest absolute Gasteiger partial charge is 0.300 e. The number of thiophene rings is 4. The van der Waals surface area contributed by atoms with Crippen molar-refractivity contribution in [3.05, 3.63) is 205 Å². The molecule has 5 aromatic carbocycles. The SMILES string of the molecule is c1cncc(N(c2ccc(-c3csc4ccccc34)cc2)c2ccc(-c3ccc(-c4ccc(N(c5ccc(-c6csc7ccccc67)cc5)c5cccnc5)s4)cc3)s2)c1. The third-order valence-electron chi connectivity index (χ3n) is 10.7. The highest BCUT2D eigenvalue weighted by molar-refractivity contribution is 7.20. The van der Waals surface area contributed by atoms with Crippen LogP contribution in [-0.4, -0.2) is 9.97 Å². The third kappa shape index (κ3) is 6.89. The monoisotopic (exact) mass is 842 g/mol. The molecule has 0 bridgehead atoms. The number of aromatic nitrogens is 2. The second-order valence-electron chi connectivity index (χ2n) is 14.3. The number of anilines is 6. The quantitative estimate of drug-likeness (QED) is 0.137. The van der Waals surface area contributed by atoms with E-state index in [1.807, 2.05) is 36.9 Å². The maximum atomic E-state index is 4.48. The molecule has 6 heterocycles. The Morgan fingerprint density at radius 1 is 0.350 bits per heavy atom. The number of nitrogens with zero attached hydrogens (tertiary/aromatic N) is 4. The van der Waals surface area contributed by atoms with Gasteiger partial charge in [-0.1, -0.05) is 84.9 Å². The van der Waals surface area contributed by atoms with E-state index in [1.165, 1.54) is 63.3 Å². The highest BCUT2D eigenvalue weighted by atomic mass is 32.1. The zero-order chi connectivity index (χ0) is 39.8. The maximum Gasteiger partial charge on any atom is 0.101 e. The summed E-state index contributed by atoms with van der Waals surface area (Å²) in [4.78, 5) is 16.0. The Kier molecular flexibility index (Phi) is 9.60. The molecule has 0 spiro atoms. The van der Waals surface area contributed by atoms with Gasteiger partial charge in [-0.2, -0.15) is 0 Å². The molecule has 4 nitrogen and oxygen atoms in total. The van der Waals surface area contributed by atoms with Gasteiger partial charge < -0.3 is 9.80 Å². The fourth-order valence-electron chi connectivity index (χ4n) is 7.77. The van der Waals surface area contributed by atoms with Crippen LogP contribution in [0.3, 0.4) is 0 Å². The van der Waals surface area contributed by atoms with Crippen LogP contribution in [0.2, 0.25) is 0 Å². The van der Waals surface area contributed by atoms with Crippen molar-refractivity contribution in [2.75, 3.05) is 9.80 Å². The number of hydrogen-bond acceptors (Lipinski definition) is 8. The van der Waals surface area contributed by atoms with Crippen LogP contribution in [0.1, 0.15) is 0 Å². The summed E-state index contributed by atoms with van der Waals surface area (Å²) in [7, 11) is 0. The molecule has 60 heavy (non-hydrogen) atoms. The zero-order valence-electron chi connectivity index (χ0n) is 32.1. The van der Waals surface area contributed by atoms with Crippen molar-refractivity contribution < 1.29 is 0 Å². The average molecular weight is 843 g/mol. The normalized spacial score (nSPS) is 11.3. The summed E-state index contributed by atoms with van der Waals surface area (Å²) in [5.74, 6) is 0. The minimum absolute atomic E-state index is 1.02. The van der Waals surface area contributed by atoms with Crippen LogP contribution in [0.5, 0.6) is 0 Å². The summed E-state index contributed by atoms with van der Waals surface area (Å²) in [6, 6.07) is 61.1. The van der Waals surface area contributed by atoms with Gasteiger partial charge in [0.05, 0.1) is 23.8 Å². The van der Waals surface area contributed by atoms with Crippen LogP contribution in [-0.2, 0) is 0 Å². The standard InChI is InChI=1S/C52H34N4S4/c1-3-11-49-43(9-1)45(33-57-49)35-17-21-39(22-18-35)55(41-7-5-29-53-31-41)51-27-25-47(59-51)37-13-15-38(16-14-37)48-26-28-52(60-48)56(42-8-6-30-54-32-42)40-23-19-36(20-24-40)46-34-58-50-12-4-2-10-44(46)50/h1-34H. The summed E-state index contributed by atoms with van der Waals surface area (Å²) >= 11 is 7.15. The summed E-state index contributed by atoms with van der Waals surface area (Å²) in [5, 5.41) is 9.37. The van der Waals surface area contributed by atoms with Crippen molar-refractivity contribution in [2.45, 2.75) is 0 Å². The zero-order valence-corrected chi connectivity index (χ0v) is 35.3. The van der Waals surface area contributed by atoms with E-state index in [0.717, 1.165) is 32.8 Å². The molecular formula is C52H34N4S4. The molecule has 0 fully saturated rings. The van der Waals surface area contributed by atoms with Gasteiger partial charge in [0.25, 0.3) is 0 Å². The Morgan fingerprint density at radius 3 is 1.18 bits per heavy atom. The Hall–Kier alpha value is -6.68. The molecule has 0 atom stereocenters. The lowest BCUT2D eigenvalue weighted by atomic mass is 10.0. The van der Waals surface area contributed by atoms with Gasteiger partial charge in [-0.15, -0.1) is 45.3 Å². The number of pyridine rings is 2. The van der Waals surface area contributed by atoms with Crippen LogP contribution in [0.15, 0.2) is 205 Å². The highest BCUT2D eigenvalue weighted by Crippen LogP contribution is 2.45. The van der Waals surface area contributed by atoms with E-state index < -0.39 is 0 Å². The van der Waals surface area contributed by atoms with Gasteiger partial charge in [0.2, 0.25) is 0 Å². The van der Waals surface area contributed by atoms with Crippen molar-refractivity contribution in [3.8, 4) is 43.1 Å². The Morgan fingerprint density at radius 2 is 0.767 bits per heavy atom. The second-order valence-corrected chi connectivity index (χ2v) is 18.3. The van der Waals surface area contributed by atoms with Crippen LogP contribution in [0.25, 0.3) is 63.3 Å². The van der Waals surface area contributed by atoms with Crippen LogP contribution >= 0.6 is 45.3 Å². The van der Waals surface area contributed by atoms with E-state index in [2.05, 4.69) is 188 Å². The lowest BCUT2D eigenvalue weighted by Crippen LogP contribution is -2.08. The van der Waals surface area contributed by atoms with Crippen LogP contribution < -0.4 is 9.80 Å². The predicted octanol–water partition coefficient (Wildman–Crippen LogP) is 16.6. The fraction of sp³-hybridized carbons (Fsp3) is 0. The van der Waals surface area contributed by atoms with Crippen molar-refractivity contribution in [2.24, 2.45) is 0 Å². The topological polar surface area (TPSA) is 32.3 Å². The smallest absolute Gasteiger partial charge is 0.101 e. The van der Waals surface area contributed by atoms with E-state index in [1.54, 1.807) is 45.3 Å². The number of fused-ring (bicyclic) bond motifs is 2. The first kappa shape index (κ1) is 36.4. The van der Waals surface area contributed by atoms with E-state index in [4.69, 9.17) is 0 Å². The van der Waals surface area contributed by atoms with Crippen LogP contribution in [0.4, 0.5) is 32.8 Å². The summed E-state index contributed by atoms with van der Waals surface area (Å²) in [6.07, 6.45) is 7.51. The molecule has 11 rings (SSSR count). The van der Waals surface area contributed by atoms with Gasteiger partial charge in [0.15, 0.2) is 0 Å². The van der Waals surface area contributed by atoms with E-state index in [9.17, 15) is 0 Å². The van der Waals surface area contributed by atoms with Gasteiger partial charge in [0.1, 0.15) is 10.0 Å². The predicted molar refractivity (Wildman–Crippen MR) is 260 cm³/mol. The molecule has 0 radical (unpaired) electrons. The molecule has 0 aliphatic rings. The lowest BCUT2D eigenvalue weighted by Gasteiger charge is -2.23. The molecule has 0 amide bonds. The second kappa shape index (κ2) is 15.8. The number of benzene rings is 5. The maximum absolute atomic E-state index is 4.48. The minimum atomic E-state index is 1.02. The molecule has 0 N–H and O–H groups in total. The number of hydrogen-bond donors (Lipinski definition) is 0. The molecule has 0 aliphatic carbocycles. The van der Waals surface area contributed by atoms with Crippen molar-refractivity contribution in [1.29, 1.82) is 0 Å². The molecule has 8 heteroatoms. The fourth-order valence-corrected chi connectivity index (χ4v) is 11.8. The average Bonchev–Trinajstić information content (AvgIpc) is 4.16. The van der Waals surface area contributed by atoms with E-state index in [-0.39, 0.29) is 0 Å². The van der Waals surface area contributed by atoms with Crippen molar-refractivity contribution in [3.63, 3.8) is 0 Å². The van der Waals surface area contributed by atoms with Gasteiger partial charge in [-0.3, -0.25) is 9.97 Å². The van der Waals surface area contributed by atoms with E-state index in [0.29, 0.717) is 0 Å². The van der Waals surface area contributed by atoms with Gasteiger partial charge >= 0.3 is 0 Å². The Balaban J connectivity index is 0.860. The first-order valence-electron chi connectivity index (χ1n) is 19.6. The molecule has 0 unspecified atom stereocenters. The summed E-state index contributed by atoms with van der Waals surface area (Å²) in [5.41, 5.74) is 11.6. The summed E-state index contributed by atoms with van der Waals surface area (Å²) < 4.78 is 2.61. The molecule has 11 aromatic rings. The molecule has 0 saturated carbocycles. The lowest BCUT2D eigenvalue weighted by molar-refractivity contribution is 1.25. The molecule has 0 saturated heterocycles. The Bertz CT molecular complexity index is 2980. The molecule has 286 valence electrons. The van der Waals surface area contributed by atoms with Crippen LogP contribution in [0, 0.1) is 0 Å². The third-order valence-corrected chi connectivity index (χ3v) is 14.9. The first-order chi connectivity index (χ1) is 29.7. The van der Waals surface area contributed by atoms with E-state index >= 15 is 0 Å². The molecule has 0 aliphatic heterocycles. The Labute approximate surface area is 364 Å². The van der Waals surface area contributed by atoms with Crippen molar-refractivity contribution in [1.82, 2.24) is 9.97 Å². The highest BCUT2D eigenvalue weighted by Gasteiger charge is 2.19. The van der Waals surface area contributed by atoms with Gasteiger partial charge in [-0.05, 0) is 118 Å². The molecule has 6 aromatic heterocycles.